The van der Waals surface area contributed by atoms with E-state index >= 15 is 0 Å². The average Bonchev–Trinajstić information content (AvgIpc) is 2.94. The zero-order chi connectivity index (χ0) is 32.8. The van der Waals surface area contributed by atoms with Crippen molar-refractivity contribution in [1.82, 2.24) is 10.2 Å². The van der Waals surface area contributed by atoms with Gasteiger partial charge in [-0.15, -0.1) is 0 Å². The second kappa shape index (κ2) is 14.2. The predicted octanol–water partition coefficient (Wildman–Crippen LogP) is 5.55. The van der Waals surface area contributed by atoms with Crippen LogP contribution in [-0.4, -0.2) is 57.5 Å². The fourth-order valence-corrected chi connectivity index (χ4v) is 6.40. The van der Waals surface area contributed by atoms with Gasteiger partial charge in [0.05, 0.1) is 24.8 Å². The normalized spacial score (nSPS) is 12.3. The fraction of sp³-hybridized carbons (Fsp3) is 0.412. The molecule has 0 bridgehead atoms. The van der Waals surface area contributed by atoms with Crippen molar-refractivity contribution >= 4 is 27.5 Å². The van der Waals surface area contributed by atoms with Crippen LogP contribution >= 0.6 is 0 Å². The summed E-state index contributed by atoms with van der Waals surface area (Å²) >= 11 is 0. The summed E-state index contributed by atoms with van der Waals surface area (Å²) in [5.74, 6) is -0.197. The van der Waals surface area contributed by atoms with E-state index < -0.39 is 34.1 Å². The molecule has 0 spiro atoms. The summed E-state index contributed by atoms with van der Waals surface area (Å²) in [6.07, 6.45) is 0.339. The molecule has 0 aliphatic heterocycles. The number of nitrogens with one attached hydrogen (secondary N) is 1. The molecule has 238 valence electrons. The molecule has 0 saturated heterocycles. The summed E-state index contributed by atoms with van der Waals surface area (Å²) in [4.78, 5) is 29.3. The van der Waals surface area contributed by atoms with Crippen molar-refractivity contribution in [2.75, 3.05) is 25.1 Å². The van der Waals surface area contributed by atoms with Gasteiger partial charge in [0.1, 0.15) is 12.6 Å². The first-order valence-electron chi connectivity index (χ1n) is 14.6. The van der Waals surface area contributed by atoms with E-state index in [2.05, 4.69) is 5.32 Å². The minimum atomic E-state index is -4.28. The van der Waals surface area contributed by atoms with Gasteiger partial charge >= 0.3 is 0 Å². The number of amides is 2. The zero-order valence-corrected chi connectivity index (χ0v) is 28.0. The molecular weight excluding hydrogens is 578 g/mol. The summed E-state index contributed by atoms with van der Waals surface area (Å²) in [6.45, 7) is 12.8. The Morgan fingerprint density at radius 3 is 1.95 bits per heavy atom. The highest BCUT2D eigenvalue weighted by Crippen LogP contribution is 2.33. The van der Waals surface area contributed by atoms with Gasteiger partial charge in [-0.25, -0.2) is 8.42 Å². The van der Waals surface area contributed by atoms with Gasteiger partial charge in [0.2, 0.25) is 11.8 Å². The summed E-state index contributed by atoms with van der Waals surface area (Å²) in [7, 11) is -1.39. The average molecular weight is 624 g/mol. The molecule has 1 atom stereocenters. The molecule has 2 amide bonds. The van der Waals surface area contributed by atoms with Gasteiger partial charge < -0.3 is 19.7 Å². The molecule has 9 nitrogen and oxygen atoms in total. The monoisotopic (exact) mass is 623 g/mol. The number of rotatable bonds is 12. The lowest BCUT2D eigenvalue weighted by Gasteiger charge is -2.35. The number of benzene rings is 3. The van der Waals surface area contributed by atoms with Crippen molar-refractivity contribution < 1.29 is 27.5 Å². The number of nitrogens with zero attached hydrogens (tertiary/aromatic N) is 2. The molecule has 0 fully saturated rings. The van der Waals surface area contributed by atoms with Crippen LogP contribution in [0.25, 0.3) is 0 Å². The van der Waals surface area contributed by atoms with E-state index in [0.717, 1.165) is 26.6 Å². The van der Waals surface area contributed by atoms with E-state index in [1.165, 1.54) is 37.3 Å². The maximum Gasteiger partial charge on any atom is 0.264 e. The molecule has 0 unspecified atom stereocenters. The SMILES string of the molecule is CC[C@@H](C(=O)NC(C)(C)C)N(Cc1ccc(C)cc1)C(=O)CN(c1cc(C)cc(C)c1)S(=O)(=O)c1ccc(OC)c(OC)c1. The van der Waals surface area contributed by atoms with Crippen molar-refractivity contribution in [3.05, 3.63) is 82.9 Å². The highest BCUT2D eigenvalue weighted by Gasteiger charge is 2.35. The first kappa shape index (κ1) is 34.4. The lowest BCUT2D eigenvalue weighted by Crippen LogP contribution is -2.55. The highest BCUT2D eigenvalue weighted by atomic mass is 32.2. The van der Waals surface area contributed by atoms with Crippen LogP contribution in [0, 0.1) is 20.8 Å². The minimum absolute atomic E-state index is 0.0651. The third kappa shape index (κ3) is 8.53. The maximum atomic E-state index is 14.3. The highest BCUT2D eigenvalue weighted by molar-refractivity contribution is 7.92. The van der Waals surface area contributed by atoms with Crippen LogP contribution < -0.4 is 19.1 Å². The van der Waals surface area contributed by atoms with E-state index in [9.17, 15) is 18.0 Å². The molecule has 3 aromatic carbocycles. The first-order valence-corrected chi connectivity index (χ1v) is 16.0. The van der Waals surface area contributed by atoms with Gasteiger partial charge in [-0.2, -0.15) is 0 Å². The maximum absolute atomic E-state index is 14.3. The Hall–Kier alpha value is -4.05. The van der Waals surface area contributed by atoms with Crippen LogP contribution in [0.1, 0.15) is 56.4 Å². The Bertz CT molecular complexity index is 1560. The molecule has 1 N–H and O–H groups in total. The van der Waals surface area contributed by atoms with Crippen LogP contribution in [0.4, 0.5) is 5.69 Å². The second-order valence-electron chi connectivity index (χ2n) is 12.0. The molecule has 0 heterocycles. The molecular formula is C34H45N3O6S. The van der Waals surface area contributed by atoms with E-state index in [4.69, 9.17) is 9.47 Å². The van der Waals surface area contributed by atoms with Gasteiger partial charge in [0.25, 0.3) is 10.0 Å². The van der Waals surface area contributed by atoms with E-state index in [1.54, 1.807) is 12.1 Å². The van der Waals surface area contributed by atoms with Gasteiger partial charge in [-0.05, 0) is 88.9 Å². The number of sulfonamides is 1. The van der Waals surface area contributed by atoms with Gasteiger partial charge in [-0.3, -0.25) is 13.9 Å². The molecule has 0 aliphatic carbocycles. The molecule has 0 saturated carbocycles. The quantitative estimate of drug-likeness (QED) is 0.284. The molecule has 0 aromatic heterocycles. The number of carbonyl (C=O) groups excluding carboxylic acids is 2. The van der Waals surface area contributed by atoms with E-state index in [1.807, 2.05) is 78.8 Å². The number of methoxy groups -OCH3 is 2. The fourth-order valence-electron chi connectivity index (χ4n) is 4.99. The van der Waals surface area contributed by atoms with Gasteiger partial charge in [0, 0.05) is 18.2 Å². The minimum Gasteiger partial charge on any atom is -0.493 e. The summed E-state index contributed by atoms with van der Waals surface area (Å²) < 4.78 is 40.4. The summed E-state index contributed by atoms with van der Waals surface area (Å²) in [6, 6.07) is 16.6. The van der Waals surface area contributed by atoms with Crippen LogP contribution in [0.15, 0.2) is 65.6 Å². The number of hydrogen-bond donors (Lipinski definition) is 1. The van der Waals surface area contributed by atoms with Gasteiger partial charge in [-0.1, -0.05) is 42.8 Å². The summed E-state index contributed by atoms with van der Waals surface area (Å²) in [5, 5.41) is 2.99. The molecule has 10 heteroatoms. The van der Waals surface area contributed by atoms with E-state index in [-0.39, 0.29) is 23.1 Å². The molecule has 0 radical (unpaired) electrons. The van der Waals surface area contributed by atoms with Crippen molar-refractivity contribution in [1.29, 1.82) is 0 Å². The number of ether oxygens (including phenoxy) is 2. The molecule has 3 aromatic rings. The zero-order valence-electron chi connectivity index (χ0n) is 27.2. The lowest BCUT2D eigenvalue weighted by atomic mass is 10.1. The smallest absolute Gasteiger partial charge is 0.264 e. The third-order valence-electron chi connectivity index (χ3n) is 7.07. The molecule has 3 rings (SSSR count). The number of anilines is 1. The van der Waals surface area contributed by atoms with Crippen LogP contribution in [-0.2, 0) is 26.2 Å². The summed E-state index contributed by atoms with van der Waals surface area (Å²) in [5.41, 5.74) is 3.39. The van der Waals surface area contributed by atoms with Gasteiger partial charge in [0.15, 0.2) is 11.5 Å². The predicted molar refractivity (Wildman–Crippen MR) is 174 cm³/mol. The Kier molecular flexibility index (Phi) is 11.1. The van der Waals surface area contributed by atoms with Crippen molar-refractivity contribution in [3.8, 4) is 11.5 Å². The standard InChI is InChI=1S/C34H45N3O6S/c1-10-29(33(39)35-34(5,6)7)36(21-26-13-11-23(2)12-14-26)32(38)22-37(27-18-24(3)17-25(4)19-27)44(40,41)28-15-16-30(42-8)31(20-28)43-9/h11-20,29H,10,21-22H2,1-9H3,(H,35,39)/t29-/m0/s1. The van der Waals surface area contributed by atoms with E-state index in [0.29, 0.717) is 17.9 Å². The number of aryl methyl sites for hydroxylation is 3. The number of carbonyl (C=O) groups is 2. The lowest BCUT2D eigenvalue weighted by molar-refractivity contribution is -0.141. The molecule has 0 aliphatic rings. The second-order valence-corrected chi connectivity index (χ2v) is 13.9. The Labute approximate surface area is 262 Å². The topological polar surface area (TPSA) is 105 Å². The van der Waals surface area contributed by atoms with Crippen molar-refractivity contribution in [3.63, 3.8) is 0 Å². The third-order valence-corrected chi connectivity index (χ3v) is 8.84. The molecule has 44 heavy (non-hydrogen) atoms. The van der Waals surface area contributed by atoms with Crippen molar-refractivity contribution in [2.45, 2.75) is 77.9 Å². The van der Waals surface area contributed by atoms with Crippen LogP contribution in [0.3, 0.4) is 0 Å². The Morgan fingerprint density at radius 1 is 0.841 bits per heavy atom. The Balaban J connectivity index is 2.14. The Morgan fingerprint density at radius 2 is 1.43 bits per heavy atom. The van der Waals surface area contributed by atoms with Crippen molar-refractivity contribution in [2.24, 2.45) is 0 Å². The number of hydrogen-bond acceptors (Lipinski definition) is 6. The largest absolute Gasteiger partial charge is 0.493 e. The van der Waals surface area contributed by atoms with Crippen LogP contribution in [0.2, 0.25) is 0 Å². The van der Waals surface area contributed by atoms with Crippen LogP contribution in [0.5, 0.6) is 11.5 Å². The first-order chi connectivity index (χ1) is 20.6.